The highest BCUT2D eigenvalue weighted by Crippen LogP contribution is 2.14. The van der Waals surface area contributed by atoms with E-state index in [2.05, 4.69) is 12.6 Å². The molecule has 0 aromatic heterocycles. The minimum absolute atomic E-state index is 0.0986. The summed E-state index contributed by atoms with van der Waals surface area (Å²) >= 11 is 3.79. The van der Waals surface area contributed by atoms with Crippen molar-refractivity contribution >= 4 is 27.4 Å². The Morgan fingerprint density at radius 2 is 1.73 bits per heavy atom. The Bertz CT molecular complexity index is 178. The van der Waals surface area contributed by atoms with Crippen LogP contribution in [0.5, 0.6) is 0 Å². The van der Waals surface area contributed by atoms with Crippen LogP contribution < -0.4 is 0 Å². The van der Waals surface area contributed by atoms with Gasteiger partial charge < -0.3 is 18.0 Å². The molecule has 0 unspecified atom stereocenters. The van der Waals surface area contributed by atoms with Gasteiger partial charge in [-0.2, -0.15) is 12.6 Å². The van der Waals surface area contributed by atoms with E-state index in [0.29, 0.717) is 19.1 Å². The zero-order valence-corrected chi connectivity index (χ0v) is 11.2. The Morgan fingerprint density at radius 3 is 2.13 bits per heavy atom. The highest BCUT2D eigenvalue weighted by Gasteiger charge is 2.36. The van der Waals surface area contributed by atoms with Gasteiger partial charge in [0.1, 0.15) is 0 Å². The van der Waals surface area contributed by atoms with Gasteiger partial charge in [0.05, 0.1) is 12.4 Å². The summed E-state index contributed by atoms with van der Waals surface area (Å²) in [5, 5.41) is 0. The lowest BCUT2D eigenvalue weighted by Gasteiger charge is -2.23. The lowest BCUT2D eigenvalue weighted by Crippen LogP contribution is -2.42. The van der Waals surface area contributed by atoms with Crippen molar-refractivity contribution in [1.82, 2.24) is 0 Å². The molecule has 0 spiro atoms. The van der Waals surface area contributed by atoms with Crippen molar-refractivity contribution in [2.75, 3.05) is 33.7 Å². The first-order chi connectivity index (χ1) is 7.14. The van der Waals surface area contributed by atoms with E-state index in [0.717, 1.165) is 0 Å². The molecule has 0 atom stereocenters. The molecule has 0 fully saturated rings. The van der Waals surface area contributed by atoms with Crippen molar-refractivity contribution in [2.45, 2.75) is 12.5 Å². The molecule has 0 aliphatic rings. The van der Waals surface area contributed by atoms with Gasteiger partial charge in [0.25, 0.3) is 0 Å². The molecule has 0 heterocycles. The zero-order chi connectivity index (χ0) is 11.7. The van der Waals surface area contributed by atoms with Crippen molar-refractivity contribution in [3.8, 4) is 0 Å². The second-order valence-electron chi connectivity index (χ2n) is 2.78. The van der Waals surface area contributed by atoms with Gasteiger partial charge in [-0.1, -0.05) is 0 Å². The van der Waals surface area contributed by atoms with E-state index in [4.69, 9.17) is 18.0 Å². The summed E-state index contributed by atoms with van der Waals surface area (Å²) in [5.41, 5.74) is 0. The standard InChI is InChI=1S/C8H18O5SSi/c1-10-15(11-2,12-3)6-4-5-13-8(9)7-14/h14H,4-7H2,1-3H3. The van der Waals surface area contributed by atoms with Crippen LogP contribution >= 0.6 is 12.6 Å². The topological polar surface area (TPSA) is 54.0 Å². The fourth-order valence-electron chi connectivity index (χ4n) is 1.08. The molecular formula is C8H18O5SSi. The minimum atomic E-state index is -2.51. The van der Waals surface area contributed by atoms with Gasteiger partial charge in [0.15, 0.2) is 0 Å². The molecule has 0 bridgehead atoms. The summed E-state index contributed by atoms with van der Waals surface area (Å²) in [5.74, 6) is -0.223. The van der Waals surface area contributed by atoms with E-state index in [1.165, 1.54) is 0 Å². The summed E-state index contributed by atoms with van der Waals surface area (Å²) in [6, 6.07) is 0.621. The third-order valence-electron chi connectivity index (χ3n) is 1.95. The average Bonchev–Trinajstić information content (AvgIpc) is 2.30. The minimum Gasteiger partial charge on any atom is -0.465 e. The quantitative estimate of drug-likeness (QED) is 0.299. The van der Waals surface area contributed by atoms with Crippen LogP contribution in [0, 0.1) is 0 Å². The molecule has 90 valence electrons. The normalized spacial score (nSPS) is 11.5. The van der Waals surface area contributed by atoms with Gasteiger partial charge in [-0.3, -0.25) is 4.79 Å². The summed E-state index contributed by atoms with van der Waals surface area (Å²) in [4.78, 5) is 10.8. The van der Waals surface area contributed by atoms with E-state index < -0.39 is 8.80 Å². The Kier molecular flexibility index (Phi) is 8.07. The molecule has 0 aliphatic carbocycles. The number of carbonyl (C=O) groups is 1. The molecule has 0 aromatic carbocycles. The first kappa shape index (κ1) is 14.9. The highest BCUT2D eigenvalue weighted by atomic mass is 32.1. The van der Waals surface area contributed by atoms with Crippen molar-refractivity contribution < 1.29 is 22.8 Å². The monoisotopic (exact) mass is 254 g/mol. The van der Waals surface area contributed by atoms with Gasteiger partial charge in [-0.25, -0.2) is 0 Å². The third-order valence-corrected chi connectivity index (χ3v) is 5.04. The van der Waals surface area contributed by atoms with Crippen LogP contribution in [0.3, 0.4) is 0 Å². The van der Waals surface area contributed by atoms with E-state index >= 15 is 0 Å². The van der Waals surface area contributed by atoms with Crippen LogP contribution in [0.15, 0.2) is 0 Å². The van der Waals surface area contributed by atoms with E-state index in [-0.39, 0.29) is 11.7 Å². The first-order valence-corrected chi connectivity index (χ1v) is 7.12. The van der Waals surface area contributed by atoms with Gasteiger partial charge in [0, 0.05) is 27.4 Å². The predicted molar refractivity (Wildman–Crippen MR) is 61.0 cm³/mol. The Balaban J connectivity index is 3.76. The Labute approximate surface area is 96.8 Å². The van der Waals surface area contributed by atoms with Gasteiger partial charge in [-0.05, 0) is 6.42 Å². The van der Waals surface area contributed by atoms with E-state index in [9.17, 15) is 4.79 Å². The second kappa shape index (κ2) is 8.11. The van der Waals surface area contributed by atoms with E-state index in [1.54, 1.807) is 21.3 Å². The van der Waals surface area contributed by atoms with Gasteiger partial charge in [0.2, 0.25) is 0 Å². The number of carbonyl (C=O) groups excluding carboxylic acids is 1. The van der Waals surface area contributed by atoms with Crippen molar-refractivity contribution in [1.29, 1.82) is 0 Å². The third kappa shape index (κ3) is 5.52. The SMILES string of the molecule is CO[Si](CCCOC(=O)CS)(OC)OC. The van der Waals surface area contributed by atoms with Crippen molar-refractivity contribution in [3.63, 3.8) is 0 Å². The second-order valence-corrected chi connectivity index (χ2v) is 6.18. The van der Waals surface area contributed by atoms with Crippen molar-refractivity contribution in [3.05, 3.63) is 0 Å². The molecule has 0 aliphatic heterocycles. The number of ether oxygens (including phenoxy) is 1. The van der Waals surface area contributed by atoms with Crippen LogP contribution in [0.1, 0.15) is 6.42 Å². The molecule has 7 heteroatoms. The zero-order valence-electron chi connectivity index (χ0n) is 9.32. The molecule has 5 nitrogen and oxygen atoms in total. The molecule has 0 rings (SSSR count). The van der Waals surface area contributed by atoms with Crippen molar-refractivity contribution in [2.24, 2.45) is 0 Å². The molecule has 0 saturated heterocycles. The largest absolute Gasteiger partial charge is 0.500 e. The first-order valence-electron chi connectivity index (χ1n) is 4.56. The molecule has 0 amide bonds. The molecule has 15 heavy (non-hydrogen) atoms. The maximum Gasteiger partial charge on any atom is 0.500 e. The van der Waals surface area contributed by atoms with Crippen LogP contribution in [0.4, 0.5) is 0 Å². The number of esters is 1. The van der Waals surface area contributed by atoms with Crippen LogP contribution in [-0.2, 0) is 22.8 Å². The smallest absolute Gasteiger partial charge is 0.465 e. The van der Waals surface area contributed by atoms with Crippen LogP contribution in [0.25, 0.3) is 0 Å². The lowest BCUT2D eigenvalue weighted by atomic mass is 10.5. The van der Waals surface area contributed by atoms with Gasteiger partial charge in [-0.15, -0.1) is 0 Å². The summed E-state index contributed by atoms with van der Waals surface area (Å²) < 4.78 is 20.5. The highest BCUT2D eigenvalue weighted by molar-refractivity contribution is 7.81. The fraction of sp³-hybridized carbons (Fsp3) is 0.875. The predicted octanol–water partition coefficient (Wildman–Crippen LogP) is 0.728. The number of hydrogen-bond acceptors (Lipinski definition) is 6. The molecule has 0 radical (unpaired) electrons. The number of rotatable bonds is 8. The van der Waals surface area contributed by atoms with Crippen LogP contribution in [0.2, 0.25) is 6.04 Å². The molecule has 0 saturated carbocycles. The maximum atomic E-state index is 10.8. The fourth-order valence-corrected chi connectivity index (χ4v) is 2.86. The Morgan fingerprint density at radius 1 is 1.20 bits per heavy atom. The molecular weight excluding hydrogens is 236 g/mol. The average molecular weight is 254 g/mol. The maximum absolute atomic E-state index is 10.8. The number of thiol groups is 1. The summed E-state index contributed by atoms with van der Waals surface area (Å²) in [6.45, 7) is 0.338. The van der Waals surface area contributed by atoms with Crippen LogP contribution in [-0.4, -0.2) is 48.5 Å². The summed E-state index contributed by atoms with van der Waals surface area (Å²) in [6.07, 6.45) is 0.654. The number of hydrogen-bond donors (Lipinski definition) is 1. The van der Waals surface area contributed by atoms with E-state index in [1.807, 2.05) is 0 Å². The molecule has 0 aromatic rings. The molecule has 0 N–H and O–H groups in total. The Hall–Kier alpha value is -0.0831. The summed E-state index contributed by atoms with van der Waals surface area (Å²) in [7, 11) is 2.15. The lowest BCUT2D eigenvalue weighted by molar-refractivity contribution is -0.140. The van der Waals surface area contributed by atoms with Gasteiger partial charge >= 0.3 is 14.8 Å².